The second-order valence-electron chi connectivity index (χ2n) is 7.49. The lowest BCUT2D eigenvalue weighted by atomic mass is 10.1. The van der Waals surface area contributed by atoms with Crippen molar-refractivity contribution in [1.82, 2.24) is 25.1 Å². The number of rotatable bonds is 7. The van der Waals surface area contributed by atoms with E-state index in [4.69, 9.17) is 10.5 Å². The fourth-order valence-corrected chi connectivity index (χ4v) is 3.79. The maximum Gasteiger partial charge on any atom is 0.419 e. The SMILES string of the molecule is CCOC(=O)n1cnc(C[C@H](NC(=O)[C@@H]2CCC(=O)N2)C(=O)N2CCC[C@H]2C(N)=O)c1. The molecule has 3 atom stereocenters. The highest BCUT2D eigenvalue weighted by Gasteiger charge is 2.38. The minimum absolute atomic E-state index is 0.0143. The molecule has 0 bridgehead atoms. The van der Waals surface area contributed by atoms with E-state index >= 15 is 0 Å². The van der Waals surface area contributed by atoms with Gasteiger partial charge in [-0.1, -0.05) is 0 Å². The van der Waals surface area contributed by atoms with Crippen molar-refractivity contribution in [2.45, 2.75) is 57.2 Å². The smallest absolute Gasteiger partial charge is 0.419 e. The Hall–Kier alpha value is -3.44. The Balaban J connectivity index is 1.77. The normalized spacial score (nSPS) is 21.5. The maximum absolute atomic E-state index is 13.2. The van der Waals surface area contributed by atoms with Crippen LogP contribution >= 0.6 is 0 Å². The Kier molecular flexibility index (Phi) is 6.88. The standard InChI is InChI=1S/C19H26N6O6/c1-2-31-19(30)24-9-11(21-10-24)8-13(23-17(28)12-5-6-15(26)22-12)18(29)25-7-3-4-14(25)16(20)27/h9-10,12-14H,2-8H2,1H3,(H2,20,27)(H,22,26)(H,23,28)/t12-,13-,14-/m0/s1. The Morgan fingerprint density at radius 3 is 2.77 bits per heavy atom. The third-order valence-corrected chi connectivity index (χ3v) is 5.32. The van der Waals surface area contributed by atoms with Crippen molar-refractivity contribution in [3.63, 3.8) is 0 Å². The van der Waals surface area contributed by atoms with Crippen LogP contribution in [0.2, 0.25) is 0 Å². The fraction of sp³-hybridized carbons (Fsp3) is 0.579. The molecular formula is C19H26N6O6. The Bertz CT molecular complexity index is 883. The second-order valence-corrected chi connectivity index (χ2v) is 7.49. The first-order chi connectivity index (χ1) is 14.8. The molecule has 12 nitrogen and oxygen atoms in total. The molecule has 2 fully saturated rings. The summed E-state index contributed by atoms with van der Waals surface area (Å²) in [6.07, 6.45) is 3.68. The van der Waals surface area contributed by atoms with E-state index in [2.05, 4.69) is 15.6 Å². The van der Waals surface area contributed by atoms with Crippen LogP contribution in [0.15, 0.2) is 12.5 Å². The number of hydrogen-bond acceptors (Lipinski definition) is 7. The van der Waals surface area contributed by atoms with Gasteiger partial charge in [0.15, 0.2) is 0 Å². The van der Waals surface area contributed by atoms with Crippen LogP contribution in [0.3, 0.4) is 0 Å². The molecule has 2 aliphatic heterocycles. The number of aromatic nitrogens is 2. The summed E-state index contributed by atoms with van der Waals surface area (Å²) in [6, 6.07) is -2.52. The molecule has 2 saturated heterocycles. The van der Waals surface area contributed by atoms with Crippen LogP contribution in [0.1, 0.15) is 38.3 Å². The van der Waals surface area contributed by atoms with Gasteiger partial charge in [-0.3, -0.25) is 19.2 Å². The average Bonchev–Trinajstić information content (AvgIpc) is 3.47. The van der Waals surface area contributed by atoms with Gasteiger partial charge in [0.1, 0.15) is 24.5 Å². The zero-order valence-electron chi connectivity index (χ0n) is 17.2. The van der Waals surface area contributed by atoms with Crippen molar-refractivity contribution in [1.29, 1.82) is 0 Å². The molecule has 2 aliphatic rings. The third kappa shape index (κ3) is 5.19. The monoisotopic (exact) mass is 434 g/mol. The van der Waals surface area contributed by atoms with Gasteiger partial charge in [-0.15, -0.1) is 0 Å². The number of nitrogens with zero attached hydrogens (tertiary/aromatic N) is 3. The number of imidazole rings is 1. The van der Waals surface area contributed by atoms with E-state index in [1.165, 1.54) is 17.4 Å². The van der Waals surface area contributed by atoms with Crippen LogP contribution in [0.4, 0.5) is 4.79 Å². The number of amides is 4. The van der Waals surface area contributed by atoms with Gasteiger partial charge in [0.05, 0.1) is 12.3 Å². The number of primary amides is 1. The van der Waals surface area contributed by atoms with E-state index in [1.807, 2.05) is 0 Å². The van der Waals surface area contributed by atoms with Crippen LogP contribution in [0, 0.1) is 0 Å². The molecule has 0 unspecified atom stereocenters. The summed E-state index contributed by atoms with van der Waals surface area (Å²) in [5.41, 5.74) is 5.80. The van der Waals surface area contributed by atoms with Gasteiger partial charge < -0.3 is 26.0 Å². The Morgan fingerprint density at radius 1 is 1.35 bits per heavy atom. The Morgan fingerprint density at radius 2 is 2.13 bits per heavy atom. The molecule has 4 N–H and O–H groups in total. The molecule has 1 aromatic heterocycles. The van der Waals surface area contributed by atoms with Crippen molar-refractivity contribution in [3.8, 4) is 0 Å². The van der Waals surface area contributed by atoms with Crippen LogP contribution in [0.25, 0.3) is 0 Å². The van der Waals surface area contributed by atoms with Crippen LogP contribution in [-0.2, 0) is 30.3 Å². The molecule has 0 saturated carbocycles. The van der Waals surface area contributed by atoms with Crippen molar-refractivity contribution >= 4 is 29.7 Å². The van der Waals surface area contributed by atoms with Crippen molar-refractivity contribution < 1.29 is 28.7 Å². The number of carbonyl (C=O) groups is 5. The molecule has 3 rings (SSSR count). The molecular weight excluding hydrogens is 408 g/mol. The molecule has 168 valence electrons. The van der Waals surface area contributed by atoms with Gasteiger partial charge in [0.25, 0.3) is 0 Å². The lowest BCUT2D eigenvalue weighted by Crippen LogP contribution is -2.56. The molecule has 0 radical (unpaired) electrons. The van der Waals surface area contributed by atoms with E-state index in [0.717, 1.165) is 4.57 Å². The van der Waals surface area contributed by atoms with Gasteiger partial charge in [0, 0.05) is 25.6 Å². The zero-order valence-corrected chi connectivity index (χ0v) is 17.2. The van der Waals surface area contributed by atoms with Gasteiger partial charge in [-0.25, -0.2) is 14.3 Å². The number of nitrogens with two attached hydrogens (primary N) is 1. The summed E-state index contributed by atoms with van der Waals surface area (Å²) < 4.78 is 6.05. The summed E-state index contributed by atoms with van der Waals surface area (Å²) in [6.45, 7) is 2.21. The second kappa shape index (κ2) is 9.58. The van der Waals surface area contributed by atoms with E-state index in [-0.39, 0.29) is 25.4 Å². The summed E-state index contributed by atoms with van der Waals surface area (Å²) in [4.78, 5) is 66.4. The van der Waals surface area contributed by atoms with Gasteiger partial charge in [-0.2, -0.15) is 0 Å². The van der Waals surface area contributed by atoms with Gasteiger partial charge in [0.2, 0.25) is 23.6 Å². The zero-order chi connectivity index (χ0) is 22.5. The van der Waals surface area contributed by atoms with Crippen molar-refractivity contribution in [2.24, 2.45) is 5.73 Å². The minimum Gasteiger partial charge on any atom is -0.449 e. The molecule has 12 heteroatoms. The highest BCUT2D eigenvalue weighted by Crippen LogP contribution is 2.19. The lowest BCUT2D eigenvalue weighted by Gasteiger charge is -2.28. The van der Waals surface area contributed by atoms with Crippen molar-refractivity contribution in [2.75, 3.05) is 13.2 Å². The predicted octanol–water partition coefficient (Wildman–Crippen LogP) is -1.33. The van der Waals surface area contributed by atoms with Gasteiger partial charge in [-0.05, 0) is 26.2 Å². The highest BCUT2D eigenvalue weighted by molar-refractivity contribution is 5.95. The number of likely N-dealkylation sites (tertiary alicyclic amines) is 1. The number of ether oxygens (including phenoxy) is 1. The van der Waals surface area contributed by atoms with E-state index in [1.54, 1.807) is 6.92 Å². The summed E-state index contributed by atoms with van der Waals surface area (Å²) >= 11 is 0. The van der Waals surface area contributed by atoms with E-state index in [9.17, 15) is 24.0 Å². The molecule has 3 heterocycles. The van der Waals surface area contributed by atoms with Crippen molar-refractivity contribution in [3.05, 3.63) is 18.2 Å². The molecule has 0 spiro atoms. The first-order valence-corrected chi connectivity index (χ1v) is 10.2. The predicted molar refractivity (Wildman–Crippen MR) is 105 cm³/mol. The molecule has 1 aromatic rings. The molecule has 4 amide bonds. The number of carbonyl (C=O) groups excluding carboxylic acids is 5. The summed E-state index contributed by atoms with van der Waals surface area (Å²) in [5, 5.41) is 5.23. The van der Waals surface area contributed by atoms with E-state index in [0.29, 0.717) is 31.5 Å². The first kappa shape index (κ1) is 22.2. The quantitative estimate of drug-likeness (QED) is 0.478. The maximum atomic E-state index is 13.2. The first-order valence-electron chi connectivity index (χ1n) is 10.2. The van der Waals surface area contributed by atoms with Crippen LogP contribution in [0.5, 0.6) is 0 Å². The fourth-order valence-electron chi connectivity index (χ4n) is 3.79. The highest BCUT2D eigenvalue weighted by atomic mass is 16.5. The number of nitrogens with one attached hydrogen (secondary N) is 2. The number of hydrogen-bond donors (Lipinski definition) is 3. The molecule has 31 heavy (non-hydrogen) atoms. The van der Waals surface area contributed by atoms with E-state index < -0.39 is 41.9 Å². The topological polar surface area (TPSA) is 166 Å². The summed E-state index contributed by atoms with van der Waals surface area (Å²) in [7, 11) is 0. The molecule has 0 aliphatic carbocycles. The average molecular weight is 434 g/mol. The lowest BCUT2D eigenvalue weighted by molar-refractivity contribution is -0.140. The van der Waals surface area contributed by atoms with Crippen LogP contribution in [-0.4, -0.2) is 75.5 Å². The van der Waals surface area contributed by atoms with Crippen LogP contribution < -0.4 is 16.4 Å². The third-order valence-electron chi connectivity index (χ3n) is 5.32. The minimum atomic E-state index is -1.05. The Labute approximate surface area is 178 Å². The summed E-state index contributed by atoms with van der Waals surface area (Å²) in [5.74, 6) is -1.80. The molecule has 0 aromatic carbocycles. The van der Waals surface area contributed by atoms with Gasteiger partial charge >= 0.3 is 6.09 Å². The largest absolute Gasteiger partial charge is 0.449 e.